The van der Waals surface area contributed by atoms with E-state index >= 15 is 0 Å². The molecule has 0 aliphatic rings. The number of esters is 1. The van der Waals surface area contributed by atoms with E-state index in [1.54, 1.807) is 48.5 Å². The number of nitrogens with one attached hydrogen (secondary N) is 1. The summed E-state index contributed by atoms with van der Waals surface area (Å²) in [5.74, 6) is -0.183. The summed E-state index contributed by atoms with van der Waals surface area (Å²) in [4.78, 5) is 11.9. The first-order valence-electron chi connectivity index (χ1n) is 8.56. The van der Waals surface area contributed by atoms with Crippen molar-refractivity contribution in [2.45, 2.75) is 37.7 Å². The Bertz CT molecular complexity index is 912. The smallest absolute Gasteiger partial charge is 0.307 e. The Labute approximate surface area is 159 Å². The molecule has 0 bridgehead atoms. The van der Waals surface area contributed by atoms with Gasteiger partial charge in [0.2, 0.25) is 10.0 Å². The van der Waals surface area contributed by atoms with Crippen LogP contribution in [0.4, 0.5) is 0 Å². The molecule has 0 aliphatic heterocycles. The SMILES string of the molecule is CC(C)c1ccc(S(=O)(=O)NCCC(=O)OCc2ccc(C#N)cc2)cc1. The van der Waals surface area contributed by atoms with Gasteiger partial charge in [0, 0.05) is 6.54 Å². The van der Waals surface area contributed by atoms with Gasteiger partial charge in [-0.2, -0.15) is 5.26 Å². The molecule has 2 aromatic carbocycles. The lowest BCUT2D eigenvalue weighted by atomic mass is 10.0. The molecule has 0 fully saturated rings. The van der Waals surface area contributed by atoms with Gasteiger partial charge >= 0.3 is 5.97 Å². The molecule has 0 saturated heterocycles. The van der Waals surface area contributed by atoms with E-state index in [0.717, 1.165) is 11.1 Å². The number of sulfonamides is 1. The van der Waals surface area contributed by atoms with E-state index in [-0.39, 0.29) is 24.5 Å². The molecule has 0 unspecified atom stereocenters. The molecule has 6 nitrogen and oxygen atoms in total. The van der Waals surface area contributed by atoms with Gasteiger partial charge < -0.3 is 4.74 Å². The zero-order valence-corrected chi connectivity index (χ0v) is 16.1. The number of hydrogen-bond donors (Lipinski definition) is 1. The van der Waals surface area contributed by atoms with Gasteiger partial charge in [0.25, 0.3) is 0 Å². The normalized spacial score (nSPS) is 11.2. The number of hydrogen-bond acceptors (Lipinski definition) is 5. The minimum absolute atomic E-state index is 0.0412. The van der Waals surface area contributed by atoms with Gasteiger partial charge in [0.1, 0.15) is 6.61 Å². The van der Waals surface area contributed by atoms with Crippen LogP contribution in [-0.2, 0) is 26.2 Å². The average molecular weight is 386 g/mol. The fourth-order valence-electron chi connectivity index (χ4n) is 2.31. The summed E-state index contributed by atoms with van der Waals surface area (Å²) in [7, 11) is -3.66. The Hall–Kier alpha value is -2.69. The lowest BCUT2D eigenvalue weighted by Gasteiger charge is -2.09. The molecule has 2 rings (SSSR count). The third-order valence-electron chi connectivity index (χ3n) is 3.96. The van der Waals surface area contributed by atoms with Crippen LogP contribution in [-0.4, -0.2) is 20.9 Å². The predicted octanol–water partition coefficient (Wildman–Crippen LogP) is 3.09. The van der Waals surface area contributed by atoms with Crippen molar-refractivity contribution in [3.8, 4) is 6.07 Å². The summed E-state index contributed by atoms with van der Waals surface area (Å²) >= 11 is 0. The molecule has 0 atom stereocenters. The molecule has 1 N–H and O–H groups in total. The summed E-state index contributed by atoms with van der Waals surface area (Å²) in [5.41, 5.74) is 2.34. The van der Waals surface area contributed by atoms with Gasteiger partial charge in [-0.05, 0) is 41.3 Å². The van der Waals surface area contributed by atoms with Gasteiger partial charge in [0.05, 0.1) is 22.9 Å². The minimum Gasteiger partial charge on any atom is -0.461 e. The van der Waals surface area contributed by atoms with Crippen molar-refractivity contribution in [2.24, 2.45) is 0 Å². The van der Waals surface area contributed by atoms with Crippen LogP contribution in [0, 0.1) is 11.3 Å². The van der Waals surface area contributed by atoms with Crippen LogP contribution in [0.1, 0.15) is 42.9 Å². The first kappa shape index (κ1) is 20.6. The maximum atomic E-state index is 12.2. The third-order valence-corrected chi connectivity index (χ3v) is 5.44. The Morgan fingerprint density at radius 2 is 1.74 bits per heavy atom. The second-order valence-electron chi connectivity index (χ2n) is 6.34. The van der Waals surface area contributed by atoms with E-state index < -0.39 is 16.0 Å². The topological polar surface area (TPSA) is 96.3 Å². The first-order valence-corrected chi connectivity index (χ1v) is 10.0. The van der Waals surface area contributed by atoms with E-state index in [4.69, 9.17) is 10.00 Å². The lowest BCUT2D eigenvalue weighted by Crippen LogP contribution is -2.26. The van der Waals surface area contributed by atoms with Crippen molar-refractivity contribution < 1.29 is 17.9 Å². The highest BCUT2D eigenvalue weighted by Gasteiger charge is 2.15. The van der Waals surface area contributed by atoms with Crippen molar-refractivity contribution >= 4 is 16.0 Å². The summed E-state index contributed by atoms with van der Waals surface area (Å²) in [5, 5.41) is 8.74. The minimum atomic E-state index is -3.66. The Kier molecular flexibility index (Phi) is 7.11. The van der Waals surface area contributed by atoms with Gasteiger partial charge in [-0.25, -0.2) is 13.1 Å². The van der Waals surface area contributed by atoms with Crippen molar-refractivity contribution in [3.63, 3.8) is 0 Å². The van der Waals surface area contributed by atoms with Crippen molar-refractivity contribution in [1.29, 1.82) is 5.26 Å². The lowest BCUT2D eigenvalue weighted by molar-refractivity contribution is -0.144. The highest BCUT2D eigenvalue weighted by atomic mass is 32.2. The standard InChI is InChI=1S/C20H22N2O4S/c1-15(2)18-7-9-19(10-8-18)27(24,25)22-12-11-20(23)26-14-17-5-3-16(13-21)4-6-17/h3-10,15,22H,11-12,14H2,1-2H3. The average Bonchev–Trinajstić information content (AvgIpc) is 2.66. The summed E-state index contributed by atoms with van der Waals surface area (Å²) in [6, 6.07) is 15.4. The molecule has 0 radical (unpaired) electrons. The number of ether oxygens (including phenoxy) is 1. The molecular weight excluding hydrogens is 364 g/mol. The van der Waals surface area contributed by atoms with Crippen molar-refractivity contribution in [2.75, 3.05) is 6.54 Å². The number of rotatable bonds is 8. The molecular formula is C20H22N2O4S. The molecule has 0 aromatic heterocycles. The van der Waals surface area contributed by atoms with Gasteiger partial charge in [0.15, 0.2) is 0 Å². The molecule has 0 saturated carbocycles. The van der Waals surface area contributed by atoms with E-state index in [9.17, 15) is 13.2 Å². The fraction of sp³-hybridized carbons (Fsp3) is 0.300. The van der Waals surface area contributed by atoms with Gasteiger partial charge in [-0.15, -0.1) is 0 Å². The van der Waals surface area contributed by atoms with Crippen LogP contribution in [0.3, 0.4) is 0 Å². The molecule has 0 amide bonds. The van der Waals surface area contributed by atoms with Crippen LogP contribution in [0.5, 0.6) is 0 Å². The maximum absolute atomic E-state index is 12.2. The monoisotopic (exact) mass is 386 g/mol. The van der Waals surface area contributed by atoms with E-state index in [1.165, 1.54) is 0 Å². The fourth-order valence-corrected chi connectivity index (χ4v) is 3.35. The number of nitrogens with zero attached hydrogens (tertiary/aromatic N) is 1. The number of benzene rings is 2. The van der Waals surface area contributed by atoms with Crippen molar-refractivity contribution in [1.82, 2.24) is 4.72 Å². The Morgan fingerprint density at radius 3 is 2.30 bits per heavy atom. The van der Waals surface area contributed by atoms with Crippen LogP contribution >= 0.6 is 0 Å². The summed E-state index contributed by atoms with van der Waals surface area (Å²) in [6.07, 6.45) is -0.0699. The molecule has 0 spiro atoms. The molecule has 7 heteroatoms. The molecule has 2 aromatic rings. The highest BCUT2D eigenvalue weighted by Crippen LogP contribution is 2.17. The predicted molar refractivity (Wildman–Crippen MR) is 101 cm³/mol. The first-order chi connectivity index (χ1) is 12.8. The van der Waals surface area contributed by atoms with Crippen molar-refractivity contribution in [3.05, 3.63) is 65.2 Å². The summed E-state index contributed by atoms with van der Waals surface area (Å²) in [6.45, 7) is 4.10. The number of nitriles is 1. The van der Waals surface area contributed by atoms with Crippen LogP contribution in [0.25, 0.3) is 0 Å². The summed E-state index contributed by atoms with van der Waals surface area (Å²) < 4.78 is 32.0. The Balaban J connectivity index is 1.80. The van der Waals surface area contributed by atoms with Gasteiger partial charge in [-0.3, -0.25) is 4.79 Å². The quantitative estimate of drug-likeness (QED) is 0.703. The zero-order valence-electron chi connectivity index (χ0n) is 15.3. The maximum Gasteiger partial charge on any atom is 0.307 e. The van der Waals surface area contributed by atoms with Crippen LogP contribution in [0.2, 0.25) is 0 Å². The number of carbonyl (C=O) groups is 1. The molecule has 27 heavy (non-hydrogen) atoms. The number of carbonyl (C=O) groups excluding carboxylic acids is 1. The van der Waals surface area contributed by atoms with Gasteiger partial charge in [-0.1, -0.05) is 38.1 Å². The molecule has 0 aliphatic carbocycles. The van der Waals surface area contributed by atoms with Crippen LogP contribution < -0.4 is 4.72 Å². The van der Waals surface area contributed by atoms with E-state index in [1.807, 2.05) is 19.9 Å². The third kappa shape index (κ3) is 6.20. The second-order valence-corrected chi connectivity index (χ2v) is 8.11. The Morgan fingerprint density at radius 1 is 1.11 bits per heavy atom. The molecule has 142 valence electrons. The van der Waals surface area contributed by atoms with E-state index in [0.29, 0.717) is 11.5 Å². The molecule has 0 heterocycles. The largest absolute Gasteiger partial charge is 0.461 e. The van der Waals surface area contributed by atoms with Crippen LogP contribution in [0.15, 0.2) is 53.4 Å². The van der Waals surface area contributed by atoms with E-state index in [2.05, 4.69) is 4.72 Å². The zero-order chi connectivity index (χ0) is 19.9. The second kappa shape index (κ2) is 9.31. The highest BCUT2D eigenvalue weighted by molar-refractivity contribution is 7.89.